The van der Waals surface area contributed by atoms with Crippen LogP contribution in [0.5, 0.6) is 0 Å². The van der Waals surface area contributed by atoms with E-state index in [1.165, 1.54) is 34.4 Å². The van der Waals surface area contributed by atoms with Crippen LogP contribution in [0.25, 0.3) is 6.08 Å². The molecule has 0 fully saturated rings. The predicted molar refractivity (Wildman–Crippen MR) is 100 cm³/mol. The topological polar surface area (TPSA) is 93.4 Å². The van der Waals surface area contributed by atoms with Crippen LogP contribution < -0.4 is 5.32 Å². The Labute approximate surface area is 163 Å². The summed E-state index contributed by atoms with van der Waals surface area (Å²) in [5.41, 5.74) is 1.32. The van der Waals surface area contributed by atoms with E-state index in [1.54, 1.807) is 0 Å². The Balaban J connectivity index is 1.77. The molecule has 0 saturated heterocycles. The Morgan fingerprint density at radius 2 is 2.22 bits per heavy atom. The number of amides is 2. The first-order chi connectivity index (χ1) is 12.9. The van der Waals surface area contributed by atoms with Crippen molar-refractivity contribution < 1.29 is 19.1 Å². The van der Waals surface area contributed by atoms with Crippen molar-refractivity contribution in [2.24, 2.45) is 0 Å². The van der Waals surface area contributed by atoms with E-state index in [0.717, 1.165) is 22.6 Å². The smallest absolute Gasteiger partial charge is 0.407 e. The number of thiophene rings is 1. The van der Waals surface area contributed by atoms with E-state index in [1.807, 2.05) is 0 Å². The highest BCUT2D eigenvalue weighted by Gasteiger charge is 2.27. The van der Waals surface area contributed by atoms with Crippen LogP contribution in [0.3, 0.4) is 0 Å². The summed E-state index contributed by atoms with van der Waals surface area (Å²) in [7, 11) is 0. The first-order valence-electron chi connectivity index (χ1n) is 7.85. The zero-order valence-corrected chi connectivity index (χ0v) is 15.4. The molecule has 0 bridgehead atoms. The molecular weight excluding hydrogens is 393 g/mol. The summed E-state index contributed by atoms with van der Waals surface area (Å²) in [5, 5.41) is 21.8. The lowest BCUT2D eigenvalue weighted by Gasteiger charge is -2.23. The van der Waals surface area contributed by atoms with Crippen LogP contribution >= 0.6 is 22.9 Å². The first kappa shape index (κ1) is 18.9. The van der Waals surface area contributed by atoms with Crippen LogP contribution in [0, 0.1) is 17.1 Å². The molecule has 9 heteroatoms. The Kier molecular flexibility index (Phi) is 5.44. The van der Waals surface area contributed by atoms with Crippen LogP contribution in [-0.4, -0.2) is 28.6 Å². The van der Waals surface area contributed by atoms with Crippen molar-refractivity contribution in [2.75, 3.05) is 11.9 Å². The minimum Gasteiger partial charge on any atom is -0.465 e. The molecule has 2 N–H and O–H groups in total. The van der Waals surface area contributed by atoms with Gasteiger partial charge in [-0.2, -0.15) is 5.26 Å². The molecule has 0 saturated carbocycles. The SMILES string of the molecule is N#Cc1c(NC(=O)C=Cc2ccc(Cl)cc2F)sc2c1CCN(C(=O)O)C2. The van der Waals surface area contributed by atoms with Gasteiger partial charge in [-0.05, 0) is 30.2 Å². The van der Waals surface area contributed by atoms with Crippen LogP contribution in [0.4, 0.5) is 14.2 Å². The van der Waals surface area contributed by atoms with Gasteiger partial charge < -0.3 is 15.3 Å². The largest absolute Gasteiger partial charge is 0.465 e. The van der Waals surface area contributed by atoms with Crippen LogP contribution in [0.2, 0.25) is 5.02 Å². The highest BCUT2D eigenvalue weighted by atomic mass is 35.5. The molecule has 2 amide bonds. The highest BCUT2D eigenvalue weighted by molar-refractivity contribution is 7.16. The molecule has 0 aliphatic carbocycles. The molecule has 0 atom stereocenters. The van der Waals surface area contributed by atoms with E-state index in [2.05, 4.69) is 11.4 Å². The quantitative estimate of drug-likeness (QED) is 0.752. The van der Waals surface area contributed by atoms with E-state index < -0.39 is 17.8 Å². The summed E-state index contributed by atoms with van der Waals surface area (Å²) >= 11 is 6.87. The number of carboxylic acid groups (broad SMARTS) is 1. The fourth-order valence-electron chi connectivity index (χ4n) is 2.73. The lowest BCUT2D eigenvalue weighted by molar-refractivity contribution is -0.111. The molecule has 2 aromatic rings. The molecule has 27 heavy (non-hydrogen) atoms. The molecule has 0 radical (unpaired) electrons. The number of nitrogens with zero attached hydrogens (tertiary/aromatic N) is 2. The zero-order valence-electron chi connectivity index (χ0n) is 13.8. The third kappa shape index (κ3) is 4.10. The van der Waals surface area contributed by atoms with Crippen molar-refractivity contribution in [2.45, 2.75) is 13.0 Å². The molecule has 0 unspecified atom stereocenters. The third-order valence-corrected chi connectivity index (χ3v) is 5.42. The van der Waals surface area contributed by atoms with Gasteiger partial charge >= 0.3 is 6.09 Å². The Morgan fingerprint density at radius 1 is 1.44 bits per heavy atom. The minimum atomic E-state index is -1.02. The van der Waals surface area contributed by atoms with Crippen LogP contribution in [0.15, 0.2) is 24.3 Å². The second kappa shape index (κ2) is 7.78. The van der Waals surface area contributed by atoms with E-state index in [0.29, 0.717) is 23.5 Å². The van der Waals surface area contributed by atoms with E-state index in [-0.39, 0.29) is 17.1 Å². The van der Waals surface area contributed by atoms with Crippen molar-refractivity contribution >= 4 is 46.0 Å². The fraction of sp³-hybridized carbons (Fsp3) is 0.167. The van der Waals surface area contributed by atoms with Crippen molar-refractivity contribution in [1.82, 2.24) is 4.90 Å². The first-order valence-corrected chi connectivity index (χ1v) is 9.05. The zero-order chi connectivity index (χ0) is 19.6. The molecule has 6 nitrogen and oxygen atoms in total. The standard InChI is InChI=1S/C18H13ClFN3O3S/c19-11-3-1-10(14(20)7-11)2-4-16(24)22-17-13(8-21)12-5-6-23(18(25)26)9-15(12)27-17/h1-4,7H,5-6,9H2,(H,22,24)(H,25,26). The summed E-state index contributed by atoms with van der Waals surface area (Å²) in [4.78, 5) is 25.3. The van der Waals surface area contributed by atoms with Gasteiger partial charge in [0.25, 0.3) is 0 Å². The predicted octanol–water partition coefficient (Wildman–Crippen LogP) is 4.10. The number of hydrogen-bond donors (Lipinski definition) is 2. The molecule has 0 spiro atoms. The summed E-state index contributed by atoms with van der Waals surface area (Å²) < 4.78 is 13.7. The number of anilines is 1. The van der Waals surface area contributed by atoms with Gasteiger partial charge in [-0.1, -0.05) is 17.7 Å². The monoisotopic (exact) mass is 405 g/mol. The molecule has 1 aromatic heterocycles. The Hall–Kier alpha value is -2.89. The summed E-state index contributed by atoms with van der Waals surface area (Å²) in [5.74, 6) is -1.07. The number of benzene rings is 1. The summed E-state index contributed by atoms with van der Waals surface area (Å²) in [6, 6.07) is 6.18. The molecular formula is C18H13ClFN3O3S. The lowest BCUT2D eigenvalue weighted by atomic mass is 10.0. The van der Waals surface area contributed by atoms with Gasteiger partial charge in [0, 0.05) is 28.1 Å². The van der Waals surface area contributed by atoms with Gasteiger partial charge in [0.2, 0.25) is 5.91 Å². The number of halogens is 2. The second-order valence-corrected chi connectivity index (χ2v) is 7.30. The molecule has 3 rings (SSSR count). The average Bonchev–Trinajstić information content (AvgIpc) is 2.96. The molecule has 1 aromatic carbocycles. The summed E-state index contributed by atoms with van der Waals surface area (Å²) in [6.07, 6.45) is 1.87. The van der Waals surface area contributed by atoms with Crippen molar-refractivity contribution in [1.29, 1.82) is 5.26 Å². The number of nitrogens with one attached hydrogen (secondary N) is 1. The number of fused-ring (bicyclic) bond motifs is 1. The second-order valence-electron chi connectivity index (χ2n) is 5.76. The van der Waals surface area contributed by atoms with Crippen molar-refractivity contribution in [3.05, 3.63) is 56.7 Å². The van der Waals surface area contributed by atoms with Crippen molar-refractivity contribution in [3.8, 4) is 6.07 Å². The van der Waals surface area contributed by atoms with Crippen molar-refractivity contribution in [3.63, 3.8) is 0 Å². The van der Waals surface area contributed by atoms with Crippen LogP contribution in [-0.2, 0) is 17.8 Å². The molecule has 1 aliphatic rings. The maximum atomic E-state index is 13.7. The van der Waals surface area contributed by atoms with Gasteiger partial charge in [0.1, 0.15) is 16.9 Å². The third-order valence-electron chi connectivity index (χ3n) is 4.05. The number of rotatable bonds is 3. The Bertz CT molecular complexity index is 996. The van der Waals surface area contributed by atoms with Crippen LogP contribution in [0.1, 0.15) is 21.6 Å². The maximum Gasteiger partial charge on any atom is 0.407 e. The number of hydrogen-bond acceptors (Lipinski definition) is 4. The fourth-order valence-corrected chi connectivity index (χ4v) is 4.10. The lowest BCUT2D eigenvalue weighted by Crippen LogP contribution is -2.34. The molecule has 138 valence electrons. The average molecular weight is 406 g/mol. The Morgan fingerprint density at radius 3 is 2.89 bits per heavy atom. The molecule has 1 aliphatic heterocycles. The van der Waals surface area contributed by atoms with Gasteiger partial charge in [-0.3, -0.25) is 4.79 Å². The minimum absolute atomic E-state index is 0.186. The van der Waals surface area contributed by atoms with E-state index in [4.69, 9.17) is 16.7 Å². The number of carbonyl (C=O) groups excluding carboxylic acids is 1. The van der Waals surface area contributed by atoms with Gasteiger partial charge in [-0.25, -0.2) is 9.18 Å². The van der Waals surface area contributed by atoms with Gasteiger partial charge in [-0.15, -0.1) is 11.3 Å². The normalized spacial score (nSPS) is 13.3. The van der Waals surface area contributed by atoms with Gasteiger partial charge in [0.15, 0.2) is 0 Å². The molecule has 2 heterocycles. The van der Waals surface area contributed by atoms with Gasteiger partial charge in [0.05, 0.1) is 12.1 Å². The maximum absolute atomic E-state index is 13.7. The number of nitriles is 1. The van der Waals surface area contributed by atoms with E-state index >= 15 is 0 Å². The summed E-state index contributed by atoms with van der Waals surface area (Å²) in [6.45, 7) is 0.489. The number of carbonyl (C=O) groups is 2. The van der Waals surface area contributed by atoms with E-state index in [9.17, 15) is 19.2 Å². The highest BCUT2D eigenvalue weighted by Crippen LogP contribution is 2.36.